The first-order valence-corrected chi connectivity index (χ1v) is 9.71. The van der Waals surface area contributed by atoms with E-state index in [1.807, 2.05) is 47.1 Å². The number of ether oxygens (including phenoxy) is 2. The van der Waals surface area contributed by atoms with Gasteiger partial charge in [0.1, 0.15) is 5.65 Å². The molecule has 0 unspecified atom stereocenters. The lowest BCUT2D eigenvalue weighted by molar-refractivity contribution is 0.354. The molecule has 0 aliphatic rings. The summed E-state index contributed by atoms with van der Waals surface area (Å²) >= 11 is 3.47. The van der Waals surface area contributed by atoms with Gasteiger partial charge < -0.3 is 24.5 Å². The van der Waals surface area contributed by atoms with E-state index in [1.54, 1.807) is 21.3 Å². The number of imidazole rings is 1. The van der Waals surface area contributed by atoms with Crippen molar-refractivity contribution in [2.75, 3.05) is 27.8 Å². The highest BCUT2D eigenvalue weighted by Gasteiger charge is 2.06. The number of benzene rings is 1. The molecule has 3 rings (SSSR count). The summed E-state index contributed by atoms with van der Waals surface area (Å²) in [4.78, 5) is 8.87. The van der Waals surface area contributed by atoms with E-state index in [4.69, 9.17) is 9.47 Å². The molecule has 156 valence electrons. The lowest BCUT2D eigenvalue weighted by Gasteiger charge is -2.12. The van der Waals surface area contributed by atoms with E-state index in [0.717, 1.165) is 51.8 Å². The van der Waals surface area contributed by atoms with Gasteiger partial charge in [-0.15, -0.1) is 24.0 Å². The maximum Gasteiger partial charge on any atom is 0.191 e. The van der Waals surface area contributed by atoms with Gasteiger partial charge in [0, 0.05) is 30.5 Å². The van der Waals surface area contributed by atoms with E-state index in [0.29, 0.717) is 6.54 Å². The van der Waals surface area contributed by atoms with Crippen LogP contribution in [0.15, 0.2) is 52.2 Å². The normalized spacial score (nSPS) is 11.1. The molecule has 0 aliphatic carbocycles. The Morgan fingerprint density at radius 3 is 2.62 bits per heavy atom. The van der Waals surface area contributed by atoms with Crippen molar-refractivity contribution in [3.8, 4) is 11.5 Å². The third kappa shape index (κ3) is 6.23. The first-order valence-electron chi connectivity index (χ1n) is 8.91. The molecule has 0 amide bonds. The number of methoxy groups -OCH3 is 2. The lowest BCUT2D eigenvalue weighted by atomic mass is 10.1. The molecular formula is C20H25BrIN5O2. The molecular weight excluding hydrogens is 549 g/mol. The second-order valence-corrected chi connectivity index (χ2v) is 7.05. The van der Waals surface area contributed by atoms with Crippen molar-refractivity contribution in [3.05, 3.63) is 58.5 Å². The van der Waals surface area contributed by atoms with Crippen LogP contribution in [0, 0.1) is 0 Å². The standard InChI is InChI=1S/C20H24BrN5O2.HI/c1-22-20(23-9-8-14-4-6-17(27-2)18(10-14)28-3)24-11-16-13-26-12-15(21)5-7-19(26)25-16;/h4-7,10,12-13H,8-9,11H2,1-3H3,(H2,22,23,24);1H. The summed E-state index contributed by atoms with van der Waals surface area (Å²) in [6.07, 6.45) is 4.83. The van der Waals surface area contributed by atoms with Gasteiger partial charge in [-0.1, -0.05) is 6.07 Å². The van der Waals surface area contributed by atoms with Crippen molar-refractivity contribution in [2.24, 2.45) is 4.99 Å². The maximum absolute atomic E-state index is 5.35. The second-order valence-electron chi connectivity index (χ2n) is 6.14. The number of pyridine rings is 1. The van der Waals surface area contributed by atoms with E-state index in [1.165, 1.54) is 0 Å². The maximum atomic E-state index is 5.35. The molecule has 0 bridgehead atoms. The summed E-state index contributed by atoms with van der Waals surface area (Å²) in [5.41, 5.74) is 3.02. The third-order valence-electron chi connectivity index (χ3n) is 4.28. The average molecular weight is 574 g/mol. The Bertz CT molecular complexity index is 977. The molecule has 0 spiro atoms. The summed E-state index contributed by atoms with van der Waals surface area (Å²) in [5.74, 6) is 2.20. The number of guanidine groups is 1. The predicted octanol–water partition coefficient (Wildman–Crippen LogP) is 3.64. The van der Waals surface area contributed by atoms with Gasteiger partial charge in [-0.2, -0.15) is 0 Å². The summed E-state index contributed by atoms with van der Waals surface area (Å²) in [7, 11) is 5.03. The fourth-order valence-corrected chi connectivity index (χ4v) is 3.21. The summed E-state index contributed by atoms with van der Waals surface area (Å²) < 4.78 is 13.6. The fourth-order valence-electron chi connectivity index (χ4n) is 2.86. The summed E-state index contributed by atoms with van der Waals surface area (Å²) in [6, 6.07) is 9.90. The van der Waals surface area contributed by atoms with Crippen LogP contribution in [-0.4, -0.2) is 43.2 Å². The zero-order chi connectivity index (χ0) is 19.9. The lowest BCUT2D eigenvalue weighted by Crippen LogP contribution is -2.37. The quantitative estimate of drug-likeness (QED) is 0.256. The van der Waals surface area contributed by atoms with Crippen molar-refractivity contribution in [2.45, 2.75) is 13.0 Å². The van der Waals surface area contributed by atoms with Gasteiger partial charge in [-0.25, -0.2) is 4.98 Å². The number of halogens is 2. The highest BCUT2D eigenvalue weighted by atomic mass is 127. The van der Waals surface area contributed by atoms with Gasteiger partial charge in [0.25, 0.3) is 0 Å². The molecule has 0 saturated heterocycles. The number of nitrogens with one attached hydrogen (secondary N) is 2. The zero-order valence-electron chi connectivity index (χ0n) is 16.6. The fraction of sp³-hybridized carbons (Fsp3) is 0.300. The van der Waals surface area contributed by atoms with Crippen LogP contribution in [0.3, 0.4) is 0 Å². The molecule has 0 radical (unpaired) electrons. The molecule has 9 heteroatoms. The van der Waals surface area contributed by atoms with Gasteiger partial charge in [-0.05, 0) is 52.2 Å². The molecule has 7 nitrogen and oxygen atoms in total. The Morgan fingerprint density at radius 2 is 1.90 bits per heavy atom. The van der Waals surface area contributed by atoms with Gasteiger partial charge in [-0.3, -0.25) is 4.99 Å². The van der Waals surface area contributed by atoms with E-state index >= 15 is 0 Å². The number of hydrogen-bond donors (Lipinski definition) is 2. The van der Waals surface area contributed by atoms with Gasteiger partial charge in [0.05, 0.1) is 26.5 Å². The van der Waals surface area contributed by atoms with E-state index in [2.05, 4.69) is 36.5 Å². The number of rotatable bonds is 7. The van der Waals surface area contributed by atoms with Crippen LogP contribution in [-0.2, 0) is 13.0 Å². The highest BCUT2D eigenvalue weighted by molar-refractivity contribution is 14.0. The van der Waals surface area contributed by atoms with Gasteiger partial charge in [0.15, 0.2) is 17.5 Å². The Kier molecular flexibility index (Phi) is 9.02. The third-order valence-corrected chi connectivity index (χ3v) is 4.75. The molecule has 29 heavy (non-hydrogen) atoms. The largest absolute Gasteiger partial charge is 0.493 e. The topological polar surface area (TPSA) is 72.2 Å². The Labute approximate surface area is 196 Å². The highest BCUT2D eigenvalue weighted by Crippen LogP contribution is 2.27. The SMILES string of the molecule is CN=C(NCCc1ccc(OC)c(OC)c1)NCc1cn2cc(Br)ccc2n1.I. The van der Waals surface area contributed by atoms with Crippen LogP contribution in [0.4, 0.5) is 0 Å². The molecule has 1 aromatic carbocycles. The van der Waals surface area contributed by atoms with E-state index in [-0.39, 0.29) is 24.0 Å². The van der Waals surface area contributed by atoms with Crippen molar-refractivity contribution in [1.82, 2.24) is 20.0 Å². The monoisotopic (exact) mass is 573 g/mol. The first-order chi connectivity index (χ1) is 13.6. The molecule has 0 atom stereocenters. The average Bonchev–Trinajstić information content (AvgIpc) is 3.12. The van der Waals surface area contributed by atoms with Crippen LogP contribution in [0.25, 0.3) is 5.65 Å². The first kappa shape index (κ1) is 23.3. The number of aromatic nitrogens is 2. The van der Waals surface area contributed by atoms with Crippen molar-refractivity contribution >= 4 is 51.5 Å². The minimum atomic E-state index is 0. The second kappa shape index (κ2) is 11.2. The Balaban J connectivity index is 0.00000300. The van der Waals surface area contributed by atoms with Crippen LogP contribution in [0.2, 0.25) is 0 Å². The molecule has 2 heterocycles. The number of nitrogens with zero attached hydrogens (tertiary/aromatic N) is 3. The Hall–Kier alpha value is -2.01. The number of aliphatic imine (C=N–C) groups is 1. The minimum absolute atomic E-state index is 0. The number of hydrogen-bond acceptors (Lipinski definition) is 4. The smallest absolute Gasteiger partial charge is 0.191 e. The van der Waals surface area contributed by atoms with E-state index < -0.39 is 0 Å². The summed E-state index contributed by atoms with van der Waals surface area (Å²) in [5, 5.41) is 6.62. The van der Waals surface area contributed by atoms with E-state index in [9.17, 15) is 0 Å². The molecule has 2 N–H and O–H groups in total. The van der Waals surface area contributed by atoms with Crippen LogP contribution in [0.5, 0.6) is 11.5 Å². The molecule has 0 saturated carbocycles. The molecule has 0 aliphatic heterocycles. The van der Waals surface area contributed by atoms with Crippen LogP contribution < -0.4 is 20.1 Å². The van der Waals surface area contributed by atoms with Crippen molar-refractivity contribution in [1.29, 1.82) is 0 Å². The molecule has 3 aromatic rings. The zero-order valence-corrected chi connectivity index (χ0v) is 20.5. The molecule has 0 fully saturated rings. The van der Waals surface area contributed by atoms with Crippen LogP contribution >= 0.6 is 39.9 Å². The van der Waals surface area contributed by atoms with Crippen molar-refractivity contribution < 1.29 is 9.47 Å². The van der Waals surface area contributed by atoms with Crippen molar-refractivity contribution in [3.63, 3.8) is 0 Å². The Morgan fingerprint density at radius 1 is 1.10 bits per heavy atom. The van der Waals surface area contributed by atoms with Crippen LogP contribution in [0.1, 0.15) is 11.3 Å². The van der Waals surface area contributed by atoms with Gasteiger partial charge in [0.2, 0.25) is 0 Å². The number of fused-ring (bicyclic) bond motifs is 1. The van der Waals surface area contributed by atoms with Gasteiger partial charge >= 0.3 is 0 Å². The molecule has 2 aromatic heterocycles. The predicted molar refractivity (Wildman–Crippen MR) is 130 cm³/mol. The summed E-state index contributed by atoms with van der Waals surface area (Å²) in [6.45, 7) is 1.34. The minimum Gasteiger partial charge on any atom is -0.493 e.